The van der Waals surface area contributed by atoms with Crippen molar-refractivity contribution in [3.8, 4) is 5.75 Å². The number of hydrogen-bond donors (Lipinski definition) is 1. The second-order valence-electron chi connectivity index (χ2n) is 4.98. The Kier molecular flexibility index (Phi) is 7.51. The van der Waals surface area contributed by atoms with Crippen LogP contribution in [0.5, 0.6) is 5.75 Å². The van der Waals surface area contributed by atoms with Crippen molar-refractivity contribution in [1.29, 1.82) is 0 Å². The van der Waals surface area contributed by atoms with E-state index >= 15 is 0 Å². The van der Waals surface area contributed by atoms with Crippen LogP contribution in [0.2, 0.25) is 0 Å². The molecular weight excluding hydrogens is 222 g/mol. The molecule has 0 unspecified atom stereocenters. The molecule has 0 aliphatic heterocycles. The summed E-state index contributed by atoms with van der Waals surface area (Å²) in [5.74, 6) is 0.943. The molecule has 1 aromatic rings. The number of hydrogen-bond acceptors (Lipinski definition) is 2. The maximum Gasteiger partial charge on any atom is 0.119 e. The first-order valence-electron chi connectivity index (χ1n) is 7.22. The molecule has 0 saturated carbocycles. The van der Waals surface area contributed by atoms with Crippen molar-refractivity contribution < 1.29 is 4.74 Å². The number of nitrogens with two attached hydrogens (primary N) is 1. The summed E-state index contributed by atoms with van der Waals surface area (Å²) in [6.07, 6.45) is 7.77. The molecule has 0 heterocycles. The van der Waals surface area contributed by atoms with Crippen molar-refractivity contribution in [2.24, 2.45) is 5.73 Å². The van der Waals surface area contributed by atoms with E-state index in [-0.39, 0.29) is 6.04 Å². The monoisotopic (exact) mass is 249 g/mol. The van der Waals surface area contributed by atoms with Crippen LogP contribution in [0.15, 0.2) is 24.3 Å². The highest BCUT2D eigenvalue weighted by atomic mass is 16.5. The minimum absolute atomic E-state index is 0.0718. The third-order valence-electron chi connectivity index (χ3n) is 3.15. The Morgan fingerprint density at radius 2 is 1.83 bits per heavy atom. The lowest BCUT2D eigenvalue weighted by Crippen LogP contribution is -2.05. The van der Waals surface area contributed by atoms with Gasteiger partial charge in [-0.3, -0.25) is 0 Å². The molecule has 1 rings (SSSR count). The third kappa shape index (κ3) is 6.06. The zero-order chi connectivity index (χ0) is 13.2. The Bertz CT molecular complexity index is 323. The molecule has 102 valence electrons. The summed E-state index contributed by atoms with van der Waals surface area (Å²) in [4.78, 5) is 0. The van der Waals surface area contributed by atoms with E-state index in [0.29, 0.717) is 0 Å². The third-order valence-corrected chi connectivity index (χ3v) is 3.15. The molecule has 1 aromatic carbocycles. The first-order chi connectivity index (χ1) is 8.74. The lowest BCUT2D eigenvalue weighted by Gasteiger charge is -2.10. The summed E-state index contributed by atoms with van der Waals surface area (Å²) in [6.45, 7) is 5.05. The molecule has 0 spiro atoms. The number of unbranched alkanes of at least 4 members (excludes halogenated alkanes) is 5. The Labute approximate surface area is 112 Å². The quantitative estimate of drug-likeness (QED) is 0.656. The van der Waals surface area contributed by atoms with E-state index in [1.54, 1.807) is 0 Å². The molecule has 0 amide bonds. The van der Waals surface area contributed by atoms with Gasteiger partial charge in [-0.15, -0.1) is 0 Å². The fraction of sp³-hybridized carbons (Fsp3) is 0.625. The smallest absolute Gasteiger partial charge is 0.119 e. The Balaban J connectivity index is 2.17. The van der Waals surface area contributed by atoms with Crippen molar-refractivity contribution in [3.05, 3.63) is 29.8 Å². The Hall–Kier alpha value is -1.02. The number of benzene rings is 1. The highest BCUT2D eigenvalue weighted by Crippen LogP contribution is 2.18. The van der Waals surface area contributed by atoms with E-state index in [1.165, 1.54) is 32.1 Å². The second kappa shape index (κ2) is 8.98. The second-order valence-corrected chi connectivity index (χ2v) is 4.98. The molecule has 0 aliphatic carbocycles. The summed E-state index contributed by atoms with van der Waals surface area (Å²) in [6, 6.07) is 8.17. The van der Waals surface area contributed by atoms with Gasteiger partial charge in [-0.1, -0.05) is 51.2 Å². The van der Waals surface area contributed by atoms with Gasteiger partial charge in [0, 0.05) is 6.04 Å². The van der Waals surface area contributed by atoms with Gasteiger partial charge in [0.2, 0.25) is 0 Å². The van der Waals surface area contributed by atoms with Gasteiger partial charge in [-0.25, -0.2) is 0 Å². The first-order valence-corrected chi connectivity index (χ1v) is 7.22. The van der Waals surface area contributed by atoms with Gasteiger partial charge < -0.3 is 10.5 Å². The van der Waals surface area contributed by atoms with E-state index in [9.17, 15) is 0 Å². The zero-order valence-electron chi connectivity index (χ0n) is 11.8. The molecule has 0 radical (unpaired) electrons. The minimum atomic E-state index is 0.0718. The predicted octanol–water partition coefficient (Wildman–Crippen LogP) is 4.45. The predicted molar refractivity (Wildman–Crippen MR) is 77.9 cm³/mol. The van der Waals surface area contributed by atoms with Gasteiger partial charge in [0.05, 0.1) is 6.61 Å². The van der Waals surface area contributed by atoms with Crippen LogP contribution >= 0.6 is 0 Å². The summed E-state index contributed by atoms with van der Waals surface area (Å²) < 4.78 is 5.75. The van der Waals surface area contributed by atoms with E-state index in [4.69, 9.17) is 10.5 Å². The molecule has 0 aromatic heterocycles. The van der Waals surface area contributed by atoms with Crippen molar-refractivity contribution in [2.75, 3.05) is 6.61 Å². The van der Waals surface area contributed by atoms with Crippen LogP contribution < -0.4 is 10.5 Å². The van der Waals surface area contributed by atoms with Crippen LogP contribution in [-0.4, -0.2) is 6.61 Å². The summed E-state index contributed by atoms with van der Waals surface area (Å²) in [5, 5.41) is 0. The molecular formula is C16H27NO. The molecule has 2 N–H and O–H groups in total. The molecule has 2 nitrogen and oxygen atoms in total. The number of rotatable bonds is 9. The topological polar surface area (TPSA) is 35.2 Å². The average Bonchev–Trinajstić information content (AvgIpc) is 2.38. The van der Waals surface area contributed by atoms with Crippen LogP contribution in [-0.2, 0) is 0 Å². The standard InChI is InChI=1S/C16H27NO/c1-3-4-5-6-7-8-12-18-16-11-9-10-15(13-16)14(2)17/h9-11,13-14H,3-8,12,17H2,1-2H3/t14-/m0/s1. The maximum absolute atomic E-state index is 5.85. The SMILES string of the molecule is CCCCCCCCOc1cccc([C@H](C)N)c1. The largest absolute Gasteiger partial charge is 0.494 e. The van der Waals surface area contributed by atoms with E-state index in [0.717, 1.165) is 24.3 Å². The molecule has 0 saturated heterocycles. The van der Waals surface area contributed by atoms with Crippen molar-refractivity contribution >= 4 is 0 Å². The first kappa shape index (κ1) is 15.0. The highest BCUT2D eigenvalue weighted by Gasteiger charge is 2.00. The summed E-state index contributed by atoms with van der Waals surface area (Å²) in [7, 11) is 0. The minimum Gasteiger partial charge on any atom is -0.494 e. The number of ether oxygens (including phenoxy) is 1. The van der Waals surface area contributed by atoms with E-state index < -0.39 is 0 Å². The molecule has 2 heteroatoms. The average molecular weight is 249 g/mol. The summed E-state index contributed by atoms with van der Waals surface area (Å²) in [5.41, 5.74) is 6.98. The normalized spacial score (nSPS) is 12.4. The summed E-state index contributed by atoms with van der Waals surface area (Å²) >= 11 is 0. The van der Waals surface area contributed by atoms with E-state index in [1.807, 2.05) is 31.2 Å². The maximum atomic E-state index is 5.85. The molecule has 0 bridgehead atoms. The fourth-order valence-electron chi connectivity index (χ4n) is 1.96. The van der Waals surface area contributed by atoms with Gasteiger partial charge in [0.25, 0.3) is 0 Å². The zero-order valence-corrected chi connectivity index (χ0v) is 11.8. The van der Waals surface area contributed by atoms with E-state index in [2.05, 4.69) is 6.92 Å². The lowest BCUT2D eigenvalue weighted by atomic mass is 10.1. The fourth-order valence-corrected chi connectivity index (χ4v) is 1.96. The van der Waals surface area contributed by atoms with Gasteiger partial charge >= 0.3 is 0 Å². The van der Waals surface area contributed by atoms with Crippen molar-refractivity contribution in [2.45, 2.75) is 58.4 Å². The van der Waals surface area contributed by atoms with Crippen LogP contribution in [0.25, 0.3) is 0 Å². The molecule has 0 aliphatic rings. The molecule has 0 fully saturated rings. The Morgan fingerprint density at radius 3 is 2.56 bits per heavy atom. The van der Waals surface area contributed by atoms with Crippen LogP contribution in [0.1, 0.15) is 64.0 Å². The van der Waals surface area contributed by atoms with Gasteiger partial charge in [-0.05, 0) is 31.0 Å². The lowest BCUT2D eigenvalue weighted by molar-refractivity contribution is 0.304. The highest BCUT2D eigenvalue weighted by molar-refractivity contribution is 5.30. The van der Waals surface area contributed by atoms with Gasteiger partial charge in [0.1, 0.15) is 5.75 Å². The van der Waals surface area contributed by atoms with Crippen LogP contribution in [0.4, 0.5) is 0 Å². The van der Waals surface area contributed by atoms with Gasteiger partial charge in [0.15, 0.2) is 0 Å². The van der Waals surface area contributed by atoms with Crippen LogP contribution in [0, 0.1) is 0 Å². The van der Waals surface area contributed by atoms with Crippen molar-refractivity contribution in [3.63, 3.8) is 0 Å². The molecule has 1 atom stereocenters. The molecule has 18 heavy (non-hydrogen) atoms. The Morgan fingerprint density at radius 1 is 1.11 bits per heavy atom. The van der Waals surface area contributed by atoms with Crippen LogP contribution in [0.3, 0.4) is 0 Å². The van der Waals surface area contributed by atoms with Crippen molar-refractivity contribution in [1.82, 2.24) is 0 Å². The van der Waals surface area contributed by atoms with Gasteiger partial charge in [-0.2, -0.15) is 0 Å².